The highest BCUT2D eigenvalue weighted by Crippen LogP contribution is 2.29. The number of hydrogen-bond acceptors (Lipinski definition) is 3. The Morgan fingerprint density at radius 3 is 2.39 bits per heavy atom. The van der Waals surface area contributed by atoms with Gasteiger partial charge < -0.3 is 15.4 Å². The van der Waals surface area contributed by atoms with E-state index in [9.17, 15) is 4.79 Å². The molecule has 1 amide bonds. The number of carbonyl (C=O) groups is 1. The molecule has 5 heteroatoms. The first-order valence-corrected chi connectivity index (χ1v) is 8.27. The van der Waals surface area contributed by atoms with Crippen molar-refractivity contribution in [2.45, 2.75) is 51.7 Å². The molecular weight excluding hydrogens is 312 g/mol. The van der Waals surface area contributed by atoms with Crippen molar-refractivity contribution in [1.29, 1.82) is 0 Å². The van der Waals surface area contributed by atoms with Gasteiger partial charge in [-0.1, -0.05) is 13.8 Å². The highest BCUT2D eigenvalue weighted by atomic mass is 35.5. The van der Waals surface area contributed by atoms with Crippen LogP contribution in [0.25, 0.3) is 0 Å². The number of nitrogens with zero attached hydrogens (tertiary/aromatic N) is 1. The van der Waals surface area contributed by atoms with Gasteiger partial charge in [-0.2, -0.15) is 0 Å². The number of hydrogen-bond donors (Lipinski definition) is 1. The average molecular weight is 339 g/mol. The van der Waals surface area contributed by atoms with Gasteiger partial charge in [0.15, 0.2) is 0 Å². The second kappa shape index (κ2) is 7.10. The minimum atomic E-state index is -0.0266. The van der Waals surface area contributed by atoms with Crippen molar-refractivity contribution in [3.05, 3.63) is 29.8 Å². The summed E-state index contributed by atoms with van der Waals surface area (Å²) in [5, 5.41) is 0. The number of nitrogens with two attached hydrogens (primary N) is 1. The Hall–Kier alpha value is -1.26. The summed E-state index contributed by atoms with van der Waals surface area (Å²) in [4.78, 5) is 14.6. The smallest absolute Gasteiger partial charge is 0.253 e. The van der Waals surface area contributed by atoms with Crippen molar-refractivity contribution in [1.82, 2.24) is 4.90 Å². The number of benzene rings is 1. The number of amides is 1. The zero-order valence-electron chi connectivity index (χ0n) is 14.0. The first kappa shape index (κ1) is 18.1. The number of ether oxygens (including phenoxy) is 1. The van der Waals surface area contributed by atoms with Gasteiger partial charge in [-0.05, 0) is 55.4 Å². The molecular formula is C18H27ClN2O2. The molecule has 1 unspecified atom stereocenters. The number of rotatable bonds is 3. The van der Waals surface area contributed by atoms with E-state index in [-0.39, 0.29) is 29.8 Å². The van der Waals surface area contributed by atoms with Crippen LogP contribution in [0, 0.1) is 5.41 Å². The number of carbonyl (C=O) groups excluding carboxylic acids is 1. The van der Waals surface area contributed by atoms with Crippen LogP contribution in [0.1, 0.15) is 49.9 Å². The molecule has 3 rings (SSSR count). The van der Waals surface area contributed by atoms with Crippen molar-refractivity contribution >= 4 is 18.3 Å². The van der Waals surface area contributed by atoms with E-state index in [1.165, 1.54) is 6.42 Å². The third-order valence-corrected chi connectivity index (χ3v) is 5.06. The Labute approximate surface area is 144 Å². The lowest BCUT2D eigenvalue weighted by Gasteiger charge is -2.42. The van der Waals surface area contributed by atoms with Gasteiger partial charge in [0.05, 0.1) is 6.10 Å². The van der Waals surface area contributed by atoms with Gasteiger partial charge in [0, 0.05) is 24.7 Å². The van der Waals surface area contributed by atoms with Crippen molar-refractivity contribution in [2.75, 3.05) is 13.1 Å². The fraction of sp³-hybridized carbons (Fsp3) is 0.611. The molecule has 1 heterocycles. The average Bonchev–Trinajstić information content (AvgIpc) is 2.46. The zero-order chi connectivity index (χ0) is 15.7. The topological polar surface area (TPSA) is 55.6 Å². The van der Waals surface area contributed by atoms with Gasteiger partial charge >= 0.3 is 0 Å². The third kappa shape index (κ3) is 3.99. The predicted molar refractivity (Wildman–Crippen MR) is 94.2 cm³/mol. The SMILES string of the molecule is CC1(C)CN(C(=O)c2ccc(OC3CCC3)cc2)CCC1N.Cl. The molecule has 23 heavy (non-hydrogen) atoms. The lowest BCUT2D eigenvalue weighted by atomic mass is 9.79. The van der Waals surface area contributed by atoms with Crippen molar-refractivity contribution in [2.24, 2.45) is 11.1 Å². The Balaban J connectivity index is 0.00000192. The molecule has 0 bridgehead atoms. The van der Waals surface area contributed by atoms with Gasteiger partial charge in [-0.25, -0.2) is 0 Å². The molecule has 2 aliphatic rings. The van der Waals surface area contributed by atoms with E-state index in [2.05, 4.69) is 13.8 Å². The standard InChI is InChI=1S/C18H26N2O2.ClH/c1-18(2)12-20(11-10-16(18)19)17(21)13-6-8-15(9-7-13)22-14-4-3-5-14;/h6-9,14,16H,3-5,10-12,19H2,1-2H3;1H. The molecule has 1 aromatic rings. The van der Waals surface area contributed by atoms with Crippen LogP contribution in [0.4, 0.5) is 0 Å². The second-order valence-electron chi connectivity index (χ2n) is 7.31. The summed E-state index contributed by atoms with van der Waals surface area (Å²) < 4.78 is 5.84. The maximum Gasteiger partial charge on any atom is 0.253 e. The summed E-state index contributed by atoms with van der Waals surface area (Å²) in [6.45, 7) is 5.72. The van der Waals surface area contributed by atoms with E-state index in [1.54, 1.807) is 0 Å². The first-order chi connectivity index (χ1) is 10.5. The first-order valence-electron chi connectivity index (χ1n) is 8.27. The highest BCUT2D eigenvalue weighted by Gasteiger charge is 2.35. The molecule has 128 valence electrons. The Morgan fingerprint density at radius 1 is 1.22 bits per heavy atom. The molecule has 1 aliphatic carbocycles. The van der Waals surface area contributed by atoms with Gasteiger partial charge in [-0.3, -0.25) is 4.79 Å². The van der Waals surface area contributed by atoms with E-state index in [0.717, 1.165) is 37.1 Å². The quantitative estimate of drug-likeness (QED) is 0.920. The number of halogens is 1. The second-order valence-corrected chi connectivity index (χ2v) is 7.31. The maximum atomic E-state index is 12.6. The molecule has 1 aromatic carbocycles. The molecule has 1 saturated carbocycles. The van der Waals surface area contributed by atoms with E-state index < -0.39 is 0 Å². The van der Waals surface area contributed by atoms with Crippen LogP contribution in [0.2, 0.25) is 0 Å². The van der Waals surface area contributed by atoms with E-state index in [1.807, 2.05) is 29.2 Å². The molecule has 0 spiro atoms. The monoisotopic (exact) mass is 338 g/mol. The Kier molecular flexibility index (Phi) is 5.58. The summed E-state index contributed by atoms with van der Waals surface area (Å²) in [7, 11) is 0. The Morgan fingerprint density at radius 2 is 1.87 bits per heavy atom. The minimum Gasteiger partial charge on any atom is -0.490 e. The lowest BCUT2D eigenvalue weighted by Crippen LogP contribution is -2.53. The summed E-state index contributed by atoms with van der Waals surface area (Å²) in [5.74, 6) is 0.956. The molecule has 0 radical (unpaired) electrons. The van der Waals surface area contributed by atoms with Gasteiger partial charge in [0.1, 0.15) is 5.75 Å². The van der Waals surface area contributed by atoms with Crippen LogP contribution in [0.15, 0.2) is 24.3 Å². The largest absolute Gasteiger partial charge is 0.490 e. The summed E-state index contributed by atoms with van der Waals surface area (Å²) in [6.07, 6.45) is 4.77. The van der Waals surface area contributed by atoms with E-state index in [0.29, 0.717) is 12.6 Å². The van der Waals surface area contributed by atoms with Crippen molar-refractivity contribution < 1.29 is 9.53 Å². The van der Waals surface area contributed by atoms with E-state index in [4.69, 9.17) is 10.5 Å². The van der Waals surface area contributed by atoms with Gasteiger partial charge in [-0.15, -0.1) is 12.4 Å². The van der Waals surface area contributed by atoms with Crippen molar-refractivity contribution in [3.63, 3.8) is 0 Å². The minimum absolute atomic E-state index is 0. The van der Waals surface area contributed by atoms with Crippen LogP contribution < -0.4 is 10.5 Å². The highest BCUT2D eigenvalue weighted by molar-refractivity contribution is 5.94. The molecule has 4 nitrogen and oxygen atoms in total. The zero-order valence-corrected chi connectivity index (χ0v) is 14.8. The maximum absolute atomic E-state index is 12.6. The molecule has 2 fully saturated rings. The van der Waals surface area contributed by atoms with Crippen LogP contribution in [-0.4, -0.2) is 36.0 Å². The number of piperidine rings is 1. The molecule has 1 atom stereocenters. The van der Waals surface area contributed by atoms with Crippen LogP contribution in [0.5, 0.6) is 5.75 Å². The summed E-state index contributed by atoms with van der Waals surface area (Å²) >= 11 is 0. The van der Waals surface area contributed by atoms with E-state index >= 15 is 0 Å². The van der Waals surface area contributed by atoms with Crippen LogP contribution >= 0.6 is 12.4 Å². The fourth-order valence-electron chi connectivity index (χ4n) is 3.09. The predicted octanol–water partition coefficient (Wildman–Crippen LogP) is 3.24. The van der Waals surface area contributed by atoms with Crippen LogP contribution in [-0.2, 0) is 0 Å². The third-order valence-electron chi connectivity index (χ3n) is 5.06. The fourth-order valence-corrected chi connectivity index (χ4v) is 3.09. The van der Waals surface area contributed by atoms with Gasteiger partial charge in [0.2, 0.25) is 0 Å². The molecule has 2 N–H and O–H groups in total. The number of likely N-dealkylation sites (tertiary alicyclic amines) is 1. The molecule has 0 aromatic heterocycles. The normalized spacial score (nSPS) is 23.6. The van der Waals surface area contributed by atoms with Crippen LogP contribution in [0.3, 0.4) is 0 Å². The Bertz CT molecular complexity index is 540. The molecule has 1 aliphatic heterocycles. The lowest BCUT2D eigenvalue weighted by molar-refractivity contribution is 0.0533. The molecule has 1 saturated heterocycles. The summed E-state index contributed by atoms with van der Waals surface area (Å²) in [6, 6.07) is 7.73. The van der Waals surface area contributed by atoms with Crippen molar-refractivity contribution in [3.8, 4) is 5.75 Å². The summed E-state index contributed by atoms with van der Waals surface area (Å²) in [5.41, 5.74) is 6.85. The van der Waals surface area contributed by atoms with Gasteiger partial charge in [0.25, 0.3) is 5.91 Å².